The lowest BCUT2D eigenvalue weighted by Crippen LogP contribution is -2.20. The third-order valence-electron chi connectivity index (χ3n) is 3.92. The molecule has 0 saturated carbocycles. The maximum absolute atomic E-state index is 12.1. The number of thioether (sulfide) groups is 2. The third-order valence-corrected chi connectivity index (χ3v) is 5.63. The van der Waals surface area contributed by atoms with Crippen LogP contribution >= 0.6 is 23.5 Å². The van der Waals surface area contributed by atoms with Crippen molar-refractivity contribution in [3.05, 3.63) is 60.2 Å². The molecular formula is C20H21N5OS2. The summed E-state index contributed by atoms with van der Waals surface area (Å²) in [4.78, 5) is 13.3. The van der Waals surface area contributed by atoms with Gasteiger partial charge in [-0.2, -0.15) is 5.10 Å². The first-order valence-electron chi connectivity index (χ1n) is 8.78. The highest BCUT2D eigenvalue weighted by atomic mass is 32.2. The Morgan fingerprint density at radius 1 is 1.14 bits per heavy atom. The van der Waals surface area contributed by atoms with E-state index in [4.69, 9.17) is 0 Å². The molecule has 0 saturated heterocycles. The summed E-state index contributed by atoms with van der Waals surface area (Å²) in [5, 5.41) is 13.2. The topological polar surface area (TPSA) is 72.2 Å². The number of aromatic nitrogens is 3. The van der Waals surface area contributed by atoms with Crippen LogP contribution in [0.4, 0.5) is 0 Å². The summed E-state index contributed by atoms with van der Waals surface area (Å²) in [6, 6.07) is 17.9. The fraction of sp³-hybridized carbons (Fsp3) is 0.200. The van der Waals surface area contributed by atoms with Crippen molar-refractivity contribution >= 4 is 35.6 Å². The zero-order valence-corrected chi connectivity index (χ0v) is 17.3. The number of rotatable bonds is 8. The fourth-order valence-electron chi connectivity index (χ4n) is 2.51. The number of hydrogen-bond acceptors (Lipinski definition) is 6. The van der Waals surface area contributed by atoms with Gasteiger partial charge in [0.05, 0.1) is 12.0 Å². The molecule has 1 amide bonds. The molecule has 2 aromatic carbocycles. The lowest BCUT2D eigenvalue weighted by atomic mass is 10.2. The highest BCUT2D eigenvalue weighted by Crippen LogP contribution is 2.23. The number of carbonyl (C=O) groups is 1. The molecule has 0 atom stereocenters. The van der Waals surface area contributed by atoms with Crippen LogP contribution < -0.4 is 5.43 Å². The summed E-state index contributed by atoms with van der Waals surface area (Å²) in [6.45, 7) is 2.76. The molecule has 0 aliphatic heterocycles. The van der Waals surface area contributed by atoms with Gasteiger partial charge in [-0.05, 0) is 30.9 Å². The zero-order valence-electron chi connectivity index (χ0n) is 15.7. The van der Waals surface area contributed by atoms with Crippen LogP contribution in [0.15, 0.2) is 69.8 Å². The Kier molecular flexibility index (Phi) is 7.27. The molecule has 0 radical (unpaired) electrons. The molecule has 0 aliphatic carbocycles. The van der Waals surface area contributed by atoms with E-state index in [0.717, 1.165) is 23.5 Å². The predicted octanol–water partition coefficient (Wildman–Crippen LogP) is 3.93. The van der Waals surface area contributed by atoms with E-state index in [9.17, 15) is 4.79 Å². The Balaban J connectivity index is 1.55. The van der Waals surface area contributed by atoms with Gasteiger partial charge in [-0.25, -0.2) is 5.43 Å². The number of amides is 1. The molecule has 144 valence electrons. The van der Waals surface area contributed by atoms with Gasteiger partial charge in [0.2, 0.25) is 0 Å². The van der Waals surface area contributed by atoms with E-state index in [2.05, 4.69) is 20.7 Å². The Hall–Kier alpha value is -2.58. The SMILES string of the molecule is CCn1c(SCC(=O)NN=Cc2ccc(SC)cc2)nnc1-c1ccccc1. The largest absolute Gasteiger partial charge is 0.302 e. The normalized spacial score (nSPS) is 11.1. The first-order chi connectivity index (χ1) is 13.7. The minimum Gasteiger partial charge on any atom is -0.302 e. The quantitative estimate of drug-likeness (QED) is 0.345. The second-order valence-corrected chi connectivity index (χ2v) is 7.59. The van der Waals surface area contributed by atoms with E-state index in [1.54, 1.807) is 18.0 Å². The van der Waals surface area contributed by atoms with E-state index < -0.39 is 0 Å². The van der Waals surface area contributed by atoms with E-state index in [-0.39, 0.29) is 11.7 Å². The predicted molar refractivity (Wildman–Crippen MR) is 116 cm³/mol. The number of nitrogens with one attached hydrogen (secondary N) is 1. The molecule has 1 aromatic heterocycles. The lowest BCUT2D eigenvalue weighted by Gasteiger charge is -2.06. The van der Waals surface area contributed by atoms with Crippen molar-refractivity contribution in [1.82, 2.24) is 20.2 Å². The fourth-order valence-corrected chi connectivity index (χ4v) is 3.72. The van der Waals surface area contributed by atoms with Crippen molar-refractivity contribution in [3.8, 4) is 11.4 Å². The van der Waals surface area contributed by atoms with Crippen molar-refractivity contribution in [2.24, 2.45) is 5.10 Å². The Morgan fingerprint density at radius 2 is 1.89 bits per heavy atom. The van der Waals surface area contributed by atoms with Crippen molar-refractivity contribution < 1.29 is 4.79 Å². The molecule has 3 aromatic rings. The standard InChI is InChI=1S/C20H21N5OS2/c1-3-25-19(16-7-5-4-6-8-16)23-24-20(25)28-14-18(26)22-21-13-15-9-11-17(27-2)12-10-15/h4-13H,3,14H2,1-2H3,(H,22,26). The molecule has 6 nitrogen and oxygen atoms in total. The molecule has 28 heavy (non-hydrogen) atoms. The van der Waals surface area contributed by atoms with E-state index in [1.807, 2.05) is 72.3 Å². The third kappa shape index (κ3) is 5.24. The van der Waals surface area contributed by atoms with Crippen molar-refractivity contribution in [3.63, 3.8) is 0 Å². The number of hydrazone groups is 1. The van der Waals surface area contributed by atoms with Gasteiger partial charge in [0.1, 0.15) is 0 Å². The summed E-state index contributed by atoms with van der Waals surface area (Å²) in [6.07, 6.45) is 3.66. The molecule has 0 unspecified atom stereocenters. The maximum atomic E-state index is 12.1. The van der Waals surface area contributed by atoms with Gasteiger partial charge >= 0.3 is 0 Å². The van der Waals surface area contributed by atoms with Crippen LogP contribution in [0.5, 0.6) is 0 Å². The van der Waals surface area contributed by atoms with Crippen LogP contribution in [-0.4, -0.2) is 38.9 Å². The maximum Gasteiger partial charge on any atom is 0.250 e. The summed E-state index contributed by atoms with van der Waals surface area (Å²) in [5.41, 5.74) is 4.49. The zero-order chi connectivity index (χ0) is 19.8. The van der Waals surface area contributed by atoms with E-state index in [1.165, 1.54) is 16.7 Å². The highest BCUT2D eigenvalue weighted by molar-refractivity contribution is 7.99. The second kappa shape index (κ2) is 10.1. The summed E-state index contributed by atoms with van der Waals surface area (Å²) < 4.78 is 2.00. The minimum absolute atomic E-state index is 0.186. The number of nitrogens with zero attached hydrogens (tertiary/aromatic N) is 4. The average Bonchev–Trinajstić information content (AvgIpc) is 3.16. The number of hydrogen-bond donors (Lipinski definition) is 1. The van der Waals surface area contributed by atoms with Gasteiger partial charge < -0.3 is 4.57 Å². The smallest absolute Gasteiger partial charge is 0.250 e. The molecule has 1 N–H and O–H groups in total. The van der Waals surface area contributed by atoms with Gasteiger partial charge in [-0.1, -0.05) is 54.2 Å². The van der Waals surface area contributed by atoms with Crippen LogP contribution in [-0.2, 0) is 11.3 Å². The minimum atomic E-state index is -0.186. The van der Waals surface area contributed by atoms with E-state index >= 15 is 0 Å². The van der Waals surface area contributed by atoms with Crippen molar-refractivity contribution in [2.45, 2.75) is 23.5 Å². The van der Waals surface area contributed by atoms with Gasteiger partial charge in [-0.3, -0.25) is 4.79 Å². The van der Waals surface area contributed by atoms with E-state index in [0.29, 0.717) is 5.16 Å². The molecule has 0 spiro atoms. The van der Waals surface area contributed by atoms with Crippen LogP contribution in [0.1, 0.15) is 12.5 Å². The van der Waals surface area contributed by atoms with Crippen LogP contribution in [0.2, 0.25) is 0 Å². The number of carbonyl (C=O) groups excluding carboxylic acids is 1. The lowest BCUT2D eigenvalue weighted by molar-refractivity contribution is -0.118. The first kappa shape index (κ1) is 20.2. The average molecular weight is 412 g/mol. The molecule has 0 fully saturated rings. The molecule has 0 bridgehead atoms. The van der Waals surface area contributed by atoms with Crippen LogP contribution in [0, 0.1) is 0 Å². The first-order valence-corrected chi connectivity index (χ1v) is 11.0. The Labute approximate surface area is 172 Å². The molecular weight excluding hydrogens is 390 g/mol. The van der Waals surface area contributed by atoms with Gasteiger partial charge in [0.25, 0.3) is 5.91 Å². The molecule has 0 aliphatic rings. The molecule has 8 heteroatoms. The van der Waals surface area contributed by atoms with Gasteiger partial charge in [-0.15, -0.1) is 22.0 Å². The number of benzene rings is 2. The molecule has 1 heterocycles. The second-order valence-electron chi connectivity index (χ2n) is 5.77. The van der Waals surface area contributed by atoms with Crippen LogP contribution in [0.25, 0.3) is 11.4 Å². The molecule has 3 rings (SSSR count). The van der Waals surface area contributed by atoms with Crippen molar-refractivity contribution in [2.75, 3.05) is 12.0 Å². The summed E-state index contributed by atoms with van der Waals surface area (Å²) >= 11 is 3.03. The Morgan fingerprint density at radius 3 is 2.57 bits per heavy atom. The summed E-state index contributed by atoms with van der Waals surface area (Å²) in [7, 11) is 0. The summed E-state index contributed by atoms with van der Waals surface area (Å²) in [5.74, 6) is 0.835. The Bertz CT molecular complexity index is 939. The monoisotopic (exact) mass is 411 g/mol. The van der Waals surface area contributed by atoms with Crippen molar-refractivity contribution in [1.29, 1.82) is 0 Å². The van der Waals surface area contributed by atoms with Crippen LogP contribution in [0.3, 0.4) is 0 Å². The highest BCUT2D eigenvalue weighted by Gasteiger charge is 2.14. The van der Waals surface area contributed by atoms with Gasteiger partial charge in [0, 0.05) is 17.0 Å². The van der Waals surface area contributed by atoms with Gasteiger partial charge in [0.15, 0.2) is 11.0 Å².